The molecule has 8 heteroatoms. The zero-order chi connectivity index (χ0) is 23.6. The minimum absolute atomic E-state index is 0.228. The number of aromatic nitrogens is 2. The van der Waals surface area contributed by atoms with Gasteiger partial charge in [-0.2, -0.15) is 0 Å². The van der Waals surface area contributed by atoms with E-state index in [1.54, 1.807) is 31.2 Å². The van der Waals surface area contributed by atoms with Crippen molar-refractivity contribution in [1.29, 1.82) is 0 Å². The van der Waals surface area contributed by atoms with Gasteiger partial charge >= 0.3 is 5.97 Å². The average Bonchev–Trinajstić information content (AvgIpc) is 3.23. The first-order valence-corrected chi connectivity index (χ1v) is 11.3. The van der Waals surface area contributed by atoms with Crippen LogP contribution in [0.15, 0.2) is 48.5 Å². The van der Waals surface area contributed by atoms with E-state index in [4.69, 9.17) is 9.47 Å². The number of hydrogen-bond acceptors (Lipinski definition) is 6. The Kier molecular flexibility index (Phi) is 8.69. The van der Waals surface area contributed by atoms with Crippen LogP contribution in [0.25, 0.3) is 11.0 Å². The lowest BCUT2D eigenvalue weighted by atomic mass is 10.1. The number of nitrogens with one attached hydrogen (secondary N) is 3. The molecule has 0 aliphatic carbocycles. The Bertz CT molecular complexity index is 1010. The Morgan fingerprint density at radius 2 is 1.82 bits per heavy atom. The van der Waals surface area contributed by atoms with Crippen LogP contribution < -0.4 is 15.4 Å². The highest BCUT2D eigenvalue weighted by Crippen LogP contribution is 2.14. The molecule has 3 aromatic rings. The quantitative estimate of drug-likeness (QED) is 0.283. The fourth-order valence-electron chi connectivity index (χ4n) is 3.03. The Hall–Kier alpha value is -3.55. The number of hydrogen-bond donors (Lipinski definition) is 3. The molecule has 1 atom stereocenters. The first-order valence-electron chi connectivity index (χ1n) is 11.3. The van der Waals surface area contributed by atoms with Gasteiger partial charge in [-0.05, 0) is 48.7 Å². The molecular weight excluding hydrogens is 420 g/mol. The van der Waals surface area contributed by atoms with Gasteiger partial charge < -0.3 is 25.1 Å². The van der Waals surface area contributed by atoms with Gasteiger partial charge in [-0.3, -0.25) is 9.59 Å². The van der Waals surface area contributed by atoms with Crippen molar-refractivity contribution in [3.05, 3.63) is 54.1 Å². The van der Waals surface area contributed by atoms with E-state index >= 15 is 0 Å². The highest BCUT2D eigenvalue weighted by Gasteiger charge is 2.16. The average molecular weight is 453 g/mol. The van der Waals surface area contributed by atoms with Crippen LogP contribution in [-0.4, -0.2) is 48.1 Å². The smallest absolute Gasteiger partial charge is 0.310 e. The Morgan fingerprint density at radius 1 is 1.06 bits per heavy atom. The van der Waals surface area contributed by atoms with Crippen LogP contribution in [0.1, 0.15) is 37.6 Å². The van der Waals surface area contributed by atoms with Crippen LogP contribution in [0.2, 0.25) is 0 Å². The Balaban J connectivity index is 1.34. The van der Waals surface area contributed by atoms with Crippen LogP contribution >= 0.6 is 0 Å². The number of anilines is 1. The van der Waals surface area contributed by atoms with Crippen LogP contribution in [0.3, 0.4) is 0 Å². The number of esters is 1. The second-order valence-corrected chi connectivity index (χ2v) is 8.39. The molecule has 0 aliphatic rings. The number of carbonyl (C=O) groups excluding carboxylic acids is 2. The number of nitrogens with zero attached hydrogens (tertiary/aromatic N) is 1. The molecule has 1 amide bonds. The number of rotatable bonds is 12. The van der Waals surface area contributed by atoms with Gasteiger partial charge in [-0.1, -0.05) is 32.9 Å². The van der Waals surface area contributed by atoms with Gasteiger partial charge in [0.25, 0.3) is 5.91 Å². The SMILES string of the molecule is CC(C)COC(=O)[C@@H](C)CNC(=O)c1ccc(OCCCNc2nc3ccccc3[nH]2)cc1. The van der Waals surface area contributed by atoms with Crippen molar-refractivity contribution in [3.8, 4) is 5.75 Å². The summed E-state index contributed by atoms with van der Waals surface area (Å²) in [5, 5.41) is 6.03. The molecule has 0 saturated carbocycles. The van der Waals surface area contributed by atoms with Crippen molar-refractivity contribution in [2.75, 3.05) is 31.6 Å². The summed E-state index contributed by atoms with van der Waals surface area (Å²) in [5.41, 5.74) is 2.44. The van der Waals surface area contributed by atoms with E-state index in [0.29, 0.717) is 24.5 Å². The third kappa shape index (κ3) is 7.52. The van der Waals surface area contributed by atoms with Crippen LogP contribution in [0.4, 0.5) is 5.95 Å². The number of para-hydroxylation sites is 2. The number of fused-ring (bicyclic) bond motifs is 1. The molecule has 1 aromatic heterocycles. The highest BCUT2D eigenvalue weighted by atomic mass is 16.5. The largest absolute Gasteiger partial charge is 0.494 e. The zero-order valence-electron chi connectivity index (χ0n) is 19.4. The van der Waals surface area contributed by atoms with Gasteiger partial charge in [0.15, 0.2) is 0 Å². The van der Waals surface area contributed by atoms with Gasteiger partial charge in [0.1, 0.15) is 5.75 Å². The second kappa shape index (κ2) is 11.9. The number of carbonyl (C=O) groups is 2. The molecule has 176 valence electrons. The first kappa shape index (κ1) is 24.1. The Labute approximate surface area is 194 Å². The number of benzene rings is 2. The van der Waals surface area contributed by atoms with Crippen molar-refractivity contribution in [1.82, 2.24) is 15.3 Å². The minimum Gasteiger partial charge on any atom is -0.494 e. The van der Waals surface area contributed by atoms with E-state index in [1.807, 2.05) is 38.1 Å². The van der Waals surface area contributed by atoms with Crippen LogP contribution in [0.5, 0.6) is 5.75 Å². The number of aromatic amines is 1. The lowest BCUT2D eigenvalue weighted by molar-refractivity contribution is -0.148. The van der Waals surface area contributed by atoms with Gasteiger partial charge in [-0.25, -0.2) is 4.98 Å². The van der Waals surface area contributed by atoms with E-state index in [1.165, 1.54) is 0 Å². The molecule has 33 heavy (non-hydrogen) atoms. The molecule has 3 N–H and O–H groups in total. The topological polar surface area (TPSA) is 105 Å². The van der Waals surface area contributed by atoms with Gasteiger partial charge in [0, 0.05) is 18.7 Å². The molecule has 3 rings (SSSR count). The maximum atomic E-state index is 12.3. The van der Waals surface area contributed by atoms with E-state index < -0.39 is 5.92 Å². The number of H-pyrrole nitrogens is 1. The standard InChI is InChI=1S/C25H32N4O4/c1-17(2)16-33-24(31)18(3)15-27-23(30)19-9-11-20(12-10-19)32-14-6-13-26-25-28-21-7-4-5-8-22(21)29-25/h4-5,7-12,17-18H,6,13-16H2,1-3H3,(H,27,30)(H2,26,28,29)/t18-/m0/s1. The van der Waals surface area contributed by atoms with Crippen molar-refractivity contribution in [2.24, 2.45) is 11.8 Å². The molecule has 0 unspecified atom stereocenters. The molecule has 0 fully saturated rings. The highest BCUT2D eigenvalue weighted by molar-refractivity contribution is 5.94. The fourth-order valence-corrected chi connectivity index (χ4v) is 3.03. The van der Waals surface area contributed by atoms with Crippen molar-refractivity contribution < 1.29 is 19.1 Å². The van der Waals surface area contributed by atoms with Crippen molar-refractivity contribution in [2.45, 2.75) is 27.2 Å². The summed E-state index contributed by atoms with van der Waals surface area (Å²) in [6.45, 7) is 7.57. The van der Waals surface area contributed by atoms with E-state index in [9.17, 15) is 9.59 Å². The number of imidazole rings is 1. The fraction of sp³-hybridized carbons (Fsp3) is 0.400. The van der Waals surface area contributed by atoms with Crippen LogP contribution in [0, 0.1) is 11.8 Å². The monoisotopic (exact) mass is 452 g/mol. The van der Waals surface area contributed by atoms with E-state index in [0.717, 1.165) is 29.9 Å². The van der Waals surface area contributed by atoms with Crippen LogP contribution in [-0.2, 0) is 9.53 Å². The molecule has 0 bridgehead atoms. The summed E-state index contributed by atoms with van der Waals surface area (Å²) in [6, 6.07) is 14.8. The third-order valence-electron chi connectivity index (χ3n) is 4.92. The first-order chi connectivity index (χ1) is 15.9. The predicted molar refractivity (Wildman–Crippen MR) is 128 cm³/mol. The van der Waals surface area contributed by atoms with Gasteiger partial charge in [0.05, 0.1) is 30.2 Å². The summed E-state index contributed by atoms with van der Waals surface area (Å²) in [6.07, 6.45) is 0.796. The molecule has 8 nitrogen and oxygen atoms in total. The maximum Gasteiger partial charge on any atom is 0.310 e. The maximum absolute atomic E-state index is 12.3. The van der Waals surface area contributed by atoms with Crippen molar-refractivity contribution >= 4 is 28.9 Å². The molecule has 1 heterocycles. The summed E-state index contributed by atoms with van der Waals surface area (Å²) in [4.78, 5) is 31.9. The summed E-state index contributed by atoms with van der Waals surface area (Å²) >= 11 is 0. The lowest BCUT2D eigenvalue weighted by Gasteiger charge is -2.14. The summed E-state index contributed by atoms with van der Waals surface area (Å²) < 4.78 is 10.9. The lowest BCUT2D eigenvalue weighted by Crippen LogP contribution is -2.32. The molecule has 2 aromatic carbocycles. The van der Waals surface area contributed by atoms with Gasteiger partial charge in [-0.15, -0.1) is 0 Å². The summed E-state index contributed by atoms with van der Waals surface area (Å²) in [7, 11) is 0. The van der Waals surface area contributed by atoms with Gasteiger partial charge in [0.2, 0.25) is 5.95 Å². The zero-order valence-corrected chi connectivity index (χ0v) is 19.4. The molecule has 0 radical (unpaired) electrons. The number of amides is 1. The Morgan fingerprint density at radius 3 is 2.55 bits per heavy atom. The second-order valence-electron chi connectivity index (χ2n) is 8.39. The van der Waals surface area contributed by atoms with E-state index in [-0.39, 0.29) is 24.3 Å². The number of ether oxygens (including phenoxy) is 2. The predicted octanol–water partition coefficient (Wildman–Crippen LogP) is 4.01. The summed E-state index contributed by atoms with van der Waals surface area (Å²) in [5.74, 6) is 0.783. The molecule has 0 aliphatic heterocycles. The third-order valence-corrected chi connectivity index (χ3v) is 4.92. The normalized spacial score (nSPS) is 11.9. The molecule has 0 spiro atoms. The molecule has 0 saturated heterocycles. The molecular formula is C25H32N4O4. The van der Waals surface area contributed by atoms with E-state index in [2.05, 4.69) is 20.6 Å². The minimum atomic E-state index is -0.400. The van der Waals surface area contributed by atoms with Crippen molar-refractivity contribution in [3.63, 3.8) is 0 Å².